The Hall–Kier alpha value is -2.05. The predicted octanol–water partition coefficient (Wildman–Crippen LogP) is -1.63. The maximum atomic E-state index is 11.5. The number of fused-ring (bicyclic) bond motifs is 1. The van der Waals surface area contributed by atoms with Gasteiger partial charge in [0.15, 0.2) is 5.49 Å². The van der Waals surface area contributed by atoms with Gasteiger partial charge in [0.25, 0.3) is 0 Å². The Morgan fingerprint density at radius 1 is 1.14 bits per heavy atom. The van der Waals surface area contributed by atoms with E-state index < -0.39 is 5.69 Å². The number of aromatic amines is 2. The van der Waals surface area contributed by atoms with Crippen LogP contribution in [0.5, 0.6) is 0 Å². The van der Waals surface area contributed by atoms with Crippen LogP contribution in [-0.2, 0) is 14.1 Å². The molecular weight excluding hydrogens is 186 g/mol. The third-order valence-electron chi connectivity index (χ3n) is 2.19. The summed E-state index contributed by atoms with van der Waals surface area (Å²) in [5, 5.41) is 7.60. The molecule has 74 valence electrons. The van der Waals surface area contributed by atoms with Crippen LogP contribution in [0.25, 0.3) is 11.2 Å². The van der Waals surface area contributed by atoms with Gasteiger partial charge < -0.3 is 4.98 Å². The first-order chi connectivity index (χ1) is 6.52. The molecule has 0 amide bonds. The summed E-state index contributed by atoms with van der Waals surface area (Å²) in [5.41, 5.74) is -0.114. The van der Waals surface area contributed by atoms with E-state index in [0.717, 1.165) is 4.57 Å². The number of H-pyrrole nitrogens is 2. The lowest BCUT2D eigenvalue weighted by molar-refractivity contribution is 0.690. The molecule has 0 aromatic carbocycles. The summed E-state index contributed by atoms with van der Waals surface area (Å²) >= 11 is 0. The monoisotopic (exact) mass is 195 g/mol. The van der Waals surface area contributed by atoms with Gasteiger partial charge in [-0.15, -0.1) is 0 Å². The fourth-order valence-corrected chi connectivity index (χ4v) is 1.38. The van der Waals surface area contributed by atoms with Crippen LogP contribution in [-0.4, -0.2) is 19.1 Å². The molecule has 0 aliphatic heterocycles. The van der Waals surface area contributed by atoms with Crippen molar-refractivity contribution in [3.63, 3.8) is 0 Å². The van der Waals surface area contributed by atoms with Crippen LogP contribution in [0.4, 0.5) is 0 Å². The second-order valence-electron chi connectivity index (χ2n) is 3.05. The van der Waals surface area contributed by atoms with Crippen LogP contribution in [0.3, 0.4) is 0 Å². The van der Waals surface area contributed by atoms with Gasteiger partial charge in [-0.2, -0.15) is 0 Å². The SMILES string of the molecule is Cn1c(=N)c2[nH]c(=O)[nH]c2n(C)c1=O. The molecule has 2 aromatic heterocycles. The zero-order chi connectivity index (χ0) is 10.5. The van der Waals surface area contributed by atoms with Crippen LogP contribution in [0.1, 0.15) is 0 Å². The van der Waals surface area contributed by atoms with Crippen molar-refractivity contribution in [1.82, 2.24) is 19.1 Å². The number of imidazole rings is 1. The molecule has 0 saturated carbocycles. The first-order valence-corrected chi connectivity index (χ1v) is 3.95. The molecule has 2 rings (SSSR count). The molecule has 0 unspecified atom stereocenters. The summed E-state index contributed by atoms with van der Waals surface area (Å²) in [6, 6.07) is 0. The summed E-state index contributed by atoms with van der Waals surface area (Å²) in [7, 11) is 3.02. The van der Waals surface area contributed by atoms with Gasteiger partial charge >= 0.3 is 11.4 Å². The lowest BCUT2D eigenvalue weighted by Crippen LogP contribution is -2.37. The van der Waals surface area contributed by atoms with Crippen LogP contribution in [0, 0.1) is 5.41 Å². The van der Waals surface area contributed by atoms with Crippen LogP contribution >= 0.6 is 0 Å². The predicted molar refractivity (Wildman–Crippen MR) is 49.0 cm³/mol. The smallest absolute Gasteiger partial charge is 0.301 e. The zero-order valence-electron chi connectivity index (χ0n) is 7.71. The Morgan fingerprint density at radius 3 is 2.43 bits per heavy atom. The maximum Gasteiger partial charge on any atom is 0.330 e. The molecule has 0 atom stereocenters. The molecule has 7 nitrogen and oxygen atoms in total. The van der Waals surface area contributed by atoms with E-state index in [1.165, 1.54) is 18.7 Å². The van der Waals surface area contributed by atoms with Crippen molar-refractivity contribution in [2.75, 3.05) is 0 Å². The Balaban J connectivity index is 3.26. The van der Waals surface area contributed by atoms with Gasteiger partial charge in [-0.25, -0.2) is 9.59 Å². The van der Waals surface area contributed by atoms with E-state index in [4.69, 9.17) is 5.41 Å². The van der Waals surface area contributed by atoms with Crippen molar-refractivity contribution in [1.29, 1.82) is 5.41 Å². The normalized spacial score (nSPS) is 11.0. The van der Waals surface area contributed by atoms with Gasteiger partial charge in [0.2, 0.25) is 0 Å². The van der Waals surface area contributed by atoms with Gasteiger partial charge in [0, 0.05) is 14.1 Å². The third-order valence-corrected chi connectivity index (χ3v) is 2.19. The second-order valence-corrected chi connectivity index (χ2v) is 3.05. The van der Waals surface area contributed by atoms with E-state index in [-0.39, 0.29) is 11.2 Å². The van der Waals surface area contributed by atoms with E-state index in [1.807, 2.05) is 0 Å². The third kappa shape index (κ3) is 0.889. The summed E-state index contributed by atoms with van der Waals surface area (Å²) in [6.07, 6.45) is 0. The fourth-order valence-electron chi connectivity index (χ4n) is 1.38. The summed E-state index contributed by atoms with van der Waals surface area (Å²) in [5.74, 6) is 0. The average Bonchev–Trinajstić information content (AvgIpc) is 2.54. The van der Waals surface area contributed by atoms with E-state index in [0.29, 0.717) is 11.2 Å². The minimum absolute atomic E-state index is 0.0125. The molecule has 14 heavy (non-hydrogen) atoms. The van der Waals surface area contributed by atoms with Crippen molar-refractivity contribution >= 4 is 11.2 Å². The van der Waals surface area contributed by atoms with Gasteiger partial charge in [-0.1, -0.05) is 0 Å². The number of nitrogens with zero attached hydrogens (tertiary/aromatic N) is 2. The van der Waals surface area contributed by atoms with E-state index in [1.54, 1.807) is 0 Å². The molecule has 0 aliphatic rings. The molecule has 2 aromatic rings. The summed E-state index contributed by atoms with van der Waals surface area (Å²) < 4.78 is 2.44. The van der Waals surface area contributed by atoms with Gasteiger partial charge in [-0.3, -0.25) is 19.5 Å². The van der Waals surface area contributed by atoms with Crippen molar-refractivity contribution in [3.05, 3.63) is 26.5 Å². The molecule has 0 radical (unpaired) electrons. The van der Waals surface area contributed by atoms with Crippen LogP contribution in [0.15, 0.2) is 9.59 Å². The quantitative estimate of drug-likeness (QED) is 0.470. The minimum atomic E-state index is -0.422. The number of aromatic nitrogens is 4. The largest absolute Gasteiger partial charge is 0.330 e. The lowest BCUT2D eigenvalue weighted by Gasteiger charge is -2.03. The van der Waals surface area contributed by atoms with E-state index >= 15 is 0 Å². The average molecular weight is 195 g/mol. The number of hydrogen-bond acceptors (Lipinski definition) is 3. The molecule has 0 aliphatic carbocycles. The van der Waals surface area contributed by atoms with Crippen LogP contribution in [0.2, 0.25) is 0 Å². The molecule has 0 saturated heterocycles. The molecule has 2 heterocycles. The highest BCUT2D eigenvalue weighted by Gasteiger charge is 2.07. The number of rotatable bonds is 0. The molecule has 0 fully saturated rings. The summed E-state index contributed by atoms with van der Waals surface area (Å²) in [6.45, 7) is 0. The van der Waals surface area contributed by atoms with Crippen molar-refractivity contribution < 1.29 is 0 Å². The Bertz CT molecular complexity index is 668. The minimum Gasteiger partial charge on any atom is -0.301 e. The van der Waals surface area contributed by atoms with E-state index in [2.05, 4.69) is 9.97 Å². The molecular formula is C7H9N5O2. The Labute approximate surface area is 77.1 Å². The van der Waals surface area contributed by atoms with Crippen LogP contribution < -0.4 is 16.9 Å². The van der Waals surface area contributed by atoms with Crippen molar-refractivity contribution in [3.8, 4) is 0 Å². The molecule has 0 bridgehead atoms. The highest BCUT2D eigenvalue weighted by Crippen LogP contribution is 1.94. The van der Waals surface area contributed by atoms with Gasteiger partial charge in [-0.05, 0) is 0 Å². The van der Waals surface area contributed by atoms with Gasteiger partial charge in [0.1, 0.15) is 11.2 Å². The van der Waals surface area contributed by atoms with Crippen molar-refractivity contribution in [2.24, 2.45) is 14.1 Å². The standard InChI is InChI=1S/C7H9N5O2/c1-11-4(8)3-5(10-6(13)9-3)12(2)7(11)14/h8H,1-2H3,(H2,9,10,13). The zero-order valence-corrected chi connectivity index (χ0v) is 7.71. The second kappa shape index (κ2) is 2.47. The highest BCUT2D eigenvalue weighted by atomic mass is 16.2. The lowest BCUT2D eigenvalue weighted by atomic mass is 10.5. The Morgan fingerprint density at radius 2 is 1.79 bits per heavy atom. The first-order valence-electron chi connectivity index (χ1n) is 3.95. The fraction of sp³-hybridized carbons (Fsp3) is 0.286. The van der Waals surface area contributed by atoms with Crippen molar-refractivity contribution in [2.45, 2.75) is 0 Å². The van der Waals surface area contributed by atoms with E-state index in [9.17, 15) is 9.59 Å². The maximum absolute atomic E-state index is 11.5. The highest BCUT2D eigenvalue weighted by molar-refractivity contribution is 5.68. The number of aryl methyl sites for hydroxylation is 1. The number of hydrogen-bond donors (Lipinski definition) is 3. The topological polar surface area (TPSA) is 99.4 Å². The number of nitrogens with one attached hydrogen (secondary N) is 3. The summed E-state index contributed by atoms with van der Waals surface area (Å²) in [4.78, 5) is 27.4. The first kappa shape index (κ1) is 8.54. The molecule has 3 N–H and O–H groups in total. The molecule has 7 heteroatoms. The molecule has 0 spiro atoms. The van der Waals surface area contributed by atoms with Gasteiger partial charge in [0.05, 0.1) is 0 Å². The Kier molecular flexibility index (Phi) is 1.51.